The van der Waals surface area contributed by atoms with E-state index in [4.69, 9.17) is 0 Å². The Labute approximate surface area is 102 Å². The standard InChI is InChI=1S/C14H32NO/c1-4-7-10-15(13-14-16,11-8-5-2)12-9-6-3/h16H,4-14H2,1-3H3/q+1. The molecular weight excluding hydrogens is 198 g/mol. The second-order valence-electron chi connectivity index (χ2n) is 5.02. The van der Waals surface area contributed by atoms with Crippen molar-refractivity contribution in [3.63, 3.8) is 0 Å². The molecule has 0 unspecified atom stereocenters. The summed E-state index contributed by atoms with van der Waals surface area (Å²) in [4.78, 5) is 0. The molecule has 0 radical (unpaired) electrons. The Morgan fingerprint density at radius 2 is 1.06 bits per heavy atom. The Balaban J connectivity index is 4.32. The molecule has 16 heavy (non-hydrogen) atoms. The smallest absolute Gasteiger partial charge is 0.102 e. The topological polar surface area (TPSA) is 20.2 Å². The van der Waals surface area contributed by atoms with Crippen LogP contribution in [0.1, 0.15) is 59.3 Å². The molecule has 0 amide bonds. The maximum atomic E-state index is 9.28. The van der Waals surface area contributed by atoms with Gasteiger partial charge < -0.3 is 9.59 Å². The molecule has 0 atom stereocenters. The van der Waals surface area contributed by atoms with Crippen molar-refractivity contribution in [2.75, 3.05) is 32.8 Å². The lowest BCUT2D eigenvalue weighted by atomic mass is 10.1. The predicted octanol–water partition coefficient (Wildman–Crippen LogP) is 3.20. The van der Waals surface area contributed by atoms with Gasteiger partial charge in [-0.25, -0.2) is 0 Å². The maximum absolute atomic E-state index is 9.28. The lowest BCUT2D eigenvalue weighted by Gasteiger charge is -2.38. The second-order valence-corrected chi connectivity index (χ2v) is 5.02. The SMILES string of the molecule is CCCC[N+](CCO)(CCCC)CCCC. The van der Waals surface area contributed by atoms with Gasteiger partial charge in [0.15, 0.2) is 0 Å². The van der Waals surface area contributed by atoms with E-state index in [0.29, 0.717) is 6.61 Å². The van der Waals surface area contributed by atoms with Crippen molar-refractivity contribution < 1.29 is 9.59 Å². The van der Waals surface area contributed by atoms with Gasteiger partial charge in [-0.2, -0.15) is 0 Å². The molecule has 0 aliphatic heterocycles. The fourth-order valence-corrected chi connectivity index (χ4v) is 2.36. The lowest BCUT2D eigenvalue weighted by Crippen LogP contribution is -2.51. The van der Waals surface area contributed by atoms with E-state index >= 15 is 0 Å². The molecule has 0 spiro atoms. The van der Waals surface area contributed by atoms with Gasteiger partial charge in [-0.3, -0.25) is 0 Å². The highest BCUT2D eigenvalue weighted by molar-refractivity contribution is 4.48. The van der Waals surface area contributed by atoms with Crippen molar-refractivity contribution in [1.29, 1.82) is 0 Å². The van der Waals surface area contributed by atoms with Gasteiger partial charge in [0, 0.05) is 0 Å². The Morgan fingerprint density at radius 1 is 0.688 bits per heavy atom. The zero-order valence-electron chi connectivity index (χ0n) is 11.7. The molecule has 98 valence electrons. The summed E-state index contributed by atoms with van der Waals surface area (Å²) in [6.45, 7) is 11.9. The van der Waals surface area contributed by atoms with Crippen LogP contribution in [0.3, 0.4) is 0 Å². The number of hydrogen-bond acceptors (Lipinski definition) is 1. The van der Waals surface area contributed by atoms with Crippen molar-refractivity contribution in [1.82, 2.24) is 0 Å². The molecule has 2 heteroatoms. The molecule has 0 bridgehead atoms. The summed E-state index contributed by atoms with van der Waals surface area (Å²) in [5.41, 5.74) is 0. The highest BCUT2D eigenvalue weighted by atomic mass is 16.3. The van der Waals surface area contributed by atoms with Gasteiger partial charge in [0.05, 0.1) is 26.2 Å². The summed E-state index contributed by atoms with van der Waals surface area (Å²) in [6, 6.07) is 0. The van der Waals surface area contributed by atoms with Crippen LogP contribution in [0.15, 0.2) is 0 Å². The lowest BCUT2D eigenvalue weighted by molar-refractivity contribution is -0.929. The van der Waals surface area contributed by atoms with Gasteiger partial charge in [0.25, 0.3) is 0 Å². The first-order valence-corrected chi connectivity index (χ1v) is 7.20. The first-order chi connectivity index (χ1) is 7.74. The molecular formula is C14H32NO+. The summed E-state index contributed by atoms with van der Waals surface area (Å²) < 4.78 is 1.16. The summed E-state index contributed by atoms with van der Waals surface area (Å²) in [5, 5.41) is 9.28. The Kier molecular flexibility index (Phi) is 10.0. The van der Waals surface area contributed by atoms with Crippen LogP contribution in [0.2, 0.25) is 0 Å². The van der Waals surface area contributed by atoms with Crippen LogP contribution in [0.25, 0.3) is 0 Å². The van der Waals surface area contributed by atoms with E-state index in [0.717, 1.165) is 11.0 Å². The number of nitrogens with zero attached hydrogens (tertiary/aromatic N) is 1. The van der Waals surface area contributed by atoms with E-state index in [9.17, 15) is 5.11 Å². The minimum absolute atomic E-state index is 0.344. The van der Waals surface area contributed by atoms with Gasteiger partial charge in [0.2, 0.25) is 0 Å². The third-order valence-corrected chi connectivity index (χ3v) is 3.53. The van der Waals surface area contributed by atoms with E-state index in [1.165, 1.54) is 58.2 Å². The maximum Gasteiger partial charge on any atom is 0.102 e. The molecule has 0 fully saturated rings. The second kappa shape index (κ2) is 10.1. The number of aliphatic hydroxyl groups excluding tert-OH is 1. The molecule has 0 rings (SSSR count). The molecule has 1 N–H and O–H groups in total. The predicted molar refractivity (Wildman–Crippen MR) is 71.5 cm³/mol. The fourth-order valence-electron chi connectivity index (χ4n) is 2.36. The Bertz CT molecular complexity index is 126. The van der Waals surface area contributed by atoms with Gasteiger partial charge in [-0.05, 0) is 19.3 Å². The number of hydrogen-bond donors (Lipinski definition) is 1. The van der Waals surface area contributed by atoms with E-state index in [1.807, 2.05) is 0 Å². The monoisotopic (exact) mass is 230 g/mol. The van der Waals surface area contributed by atoms with Crippen molar-refractivity contribution in [3.8, 4) is 0 Å². The summed E-state index contributed by atoms with van der Waals surface area (Å²) in [5.74, 6) is 0. The van der Waals surface area contributed by atoms with Crippen LogP contribution in [-0.2, 0) is 0 Å². The normalized spacial score (nSPS) is 12.0. The van der Waals surface area contributed by atoms with Crippen molar-refractivity contribution in [2.45, 2.75) is 59.3 Å². The van der Waals surface area contributed by atoms with Crippen molar-refractivity contribution in [2.24, 2.45) is 0 Å². The molecule has 0 aromatic carbocycles. The van der Waals surface area contributed by atoms with E-state index in [2.05, 4.69) is 20.8 Å². The fraction of sp³-hybridized carbons (Fsp3) is 1.00. The zero-order chi connectivity index (χ0) is 12.3. The van der Waals surface area contributed by atoms with Crippen LogP contribution < -0.4 is 0 Å². The van der Waals surface area contributed by atoms with Crippen LogP contribution in [0.5, 0.6) is 0 Å². The first kappa shape index (κ1) is 15.9. The quantitative estimate of drug-likeness (QED) is 0.540. The van der Waals surface area contributed by atoms with E-state index in [-0.39, 0.29) is 0 Å². The van der Waals surface area contributed by atoms with E-state index < -0.39 is 0 Å². The largest absolute Gasteiger partial charge is 0.391 e. The van der Waals surface area contributed by atoms with Gasteiger partial charge >= 0.3 is 0 Å². The average Bonchev–Trinajstić information content (AvgIpc) is 2.31. The number of aliphatic hydroxyl groups is 1. The minimum Gasteiger partial charge on any atom is -0.391 e. The number of unbranched alkanes of at least 4 members (excludes halogenated alkanes) is 3. The van der Waals surface area contributed by atoms with E-state index in [1.54, 1.807) is 0 Å². The van der Waals surface area contributed by atoms with Crippen LogP contribution in [-0.4, -0.2) is 42.4 Å². The number of rotatable bonds is 11. The third kappa shape index (κ3) is 6.49. The molecule has 0 saturated carbocycles. The first-order valence-electron chi connectivity index (χ1n) is 7.20. The number of quaternary nitrogens is 1. The summed E-state index contributed by atoms with van der Waals surface area (Å²) in [6.07, 6.45) is 7.70. The Morgan fingerprint density at radius 3 is 1.31 bits per heavy atom. The average molecular weight is 230 g/mol. The summed E-state index contributed by atoms with van der Waals surface area (Å²) >= 11 is 0. The highest BCUT2D eigenvalue weighted by Crippen LogP contribution is 2.14. The van der Waals surface area contributed by atoms with Crippen LogP contribution in [0.4, 0.5) is 0 Å². The van der Waals surface area contributed by atoms with Crippen molar-refractivity contribution in [3.05, 3.63) is 0 Å². The van der Waals surface area contributed by atoms with Crippen LogP contribution >= 0.6 is 0 Å². The molecule has 0 heterocycles. The van der Waals surface area contributed by atoms with Gasteiger partial charge in [0.1, 0.15) is 6.54 Å². The Hall–Kier alpha value is -0.0800. The van der Waals surface area contributed by atoms with Gasteiger partial charge in [-0.1, -0.05) is 40.0 Å². The highest BCUT2D eigenvalue weighted by Gasteiger charge is 2.24. The minimum atomic E-state index is 0.344. The van der Waals surface area contributed by atoms with Crippen molar-refractivity contribution >= 4 is 0 Å². The van der Waals surface area contributed by atoms with Gasteiger partial charge in [-0.15, -0.1) is 0 Å². The summed E-state index contributed by atoms with van der Waals surface area (Å²) in [7, 11) is 0. The molecule has 2 nitrogen and oxygen atoms in total. The molecule has 0 saturated heterocycles. The molecule has 0 aromatic rings. The molecule has 0 aromatic heterocycles. The molecule has 0 aliphatic carbocycles. The molecule has 0 aliphatic rings. The van der Waals surface area contributed by atoms with Crippen LogP contribution in [0, 0.1) is 0 Å². The zero-order valence-corrected chi connectivity index (χ0v) is 11.7. The third-order valence-electron chi connectivity index (χ3n) is 3.53.